The Morgan fingerprint density at radius 1 is 1.08 bits per heavy atom. The average Bonchev–Trinajstić information content (AvgIpc) is 3.48. The Kier molecular flexibility index (Phi) is 8.15. The van der Waals surface area contributed by atoms with Gasteiger partial charge in [0.05, 0.1) is 16.5 Å². The number of nitrogens with one attached hydrogen (secondary N) is 1. The van der Waals surface area contributed by atoms with Crippen molar-refractivity contribution in [2.75, 3.05) is 25.8 Å². The van der Waals surface area contributed by atoms with Crippen LogP contribution in [0.3, 0.4) is 0 Å². The van der Waals surface area contributed by atoms with Crippen molar-refractivity contribution in [2.24, 2.45) is 0 Å². The van der Waals surface area contributed by atoms with Crippen molar-refractivity contribution in [3.63, 3.8) is 0 Å². The van der Waals surface area contributed by atoms with Crippen LogP contribution in [-0.2, 0) is 16.2 Å². The highest BCUT2D eigenvalue weighted by Crippen LogP contribution is 2.40. The Morgan fingerprint density at radius 2 is 1.85 bits per heavy atom. The number of methoxy groups -OCH3 is 1. The normalized spacial score (nSPS) is 15.2. The number of carbonyl (C=O) groups excluding carboxylic acids is 3. The van der Waals surface area contributed by atoms with Crippen molar-refractivity contribution < 1.29 is 33.3 Å². The molecule has 0 radical (unpaired) electrons. The molecule has 3 aromatic carbocycles. The lowest BCUT2D eigenvalue weighted by atomic mass is 10.1. The smallest absolute Gasteiger partial charge is 0.294 e. The van der Waals surface area contributed by atoms with Crippen LogP contribution in [0.1, 0.15) is 11.1 Å². The van der Waals surface area contributed by atoms with Crippen LogP contribution in [0.4, 0.5) is 10.5 Å². The first-order chi connectivity index (χ1) is 18.8. The second-order valence-electron chi connectivity index (χ2n) is 8.33. The fourth-order valence-corrected chi connectivity index (χ4v) is 5.48. The van der Waals surface area contributed by atoms with E-state index in [0.717, 1.165) is 26.7 Å². The summed E-state index contributed by atoms with van der Waals surface area (Å²) in [7, 11) is 1.52. The van der Waals surface area contributed by atoms with Crippen molar-refractivity contribution in [1.82, 2.24) is 4.90 Å². The predicted molar refractivity (Wildman–Crippen MR) is 153 cm³/mol. The molecule has 0 aliphatic carbocycles. The van der Waals surface area contributed by atoms with E-state index in [9.17, 15) is 14.4 Å². The van der Waals surface area contributed by atoms with Gasteiger partial charge in [0.2, 0.25) is 12.7 Å². The predicted octanol–water partition coefficient (Wildman–Crippen LogP) is 6.20. The molecule has 1 fully saturated rings. The van der Waals surface area contributed by atoms with Gasteiger partial charge < -0.3 is 24.3 Å². The van der Waals surface area contributed by atoms with Gasteiger partial charge in [0.1, 0.15) is 13.2 Å². The first-order valence-electron chi connectivity index (χ1n) is 11.5. The summed E-state index contributed by atoms with van der Waals surface area (Å²) < 4.78 is 23.6. The Hall–Kier alpha value is -3.48. The van der Waals surface area contributed by atoms with Crippen molar-refractivity contribution in [3.8, 4) is 23.0 Å². The number of rotatable bonds is 8. The molecule has 2 heterocycles. The largest absolute Gasteiger partial charge is 0.493 e. The molecule has 0 atom stereocenters. The van der Waals surface area contributed by atoms with Crippen LogP contribution in [0.15, 0.2) is 68.4 Å². The third-order valence-corrected chi connectivity index (χ3v) is 7.70. The molecule has 9 nitrogen and oxygen atoms in total. The second-order valence-corrected chi connectivity index (χ2v) is 11.1. The van der Waals surface area contributed by atoms with E-state index in [4.69, 9.17) is 18.9 Å². The zero-order valence-corrected chi connectivity index (χ0v) is 24.4. The number of thioether (sulfide) groups is 1. The number of amides is 3. The number of hydrogen-bond donors (Lipinski definition) is 1. The van der Waals surface area contributed by atoms with Crippen LogP contribution < -0.4 is 24.3 Å². The van der Waals surface area contributed by atoms with Gasteiger partial charge in [-0.25, -0.2) is 0 Å². The van der Waals surface area contributed by atoms with E-state index in [1.54, 1.807) is 36.4 Å². The van der Waals surface area contributed by atoms with Gasteiger partial charge in [-0.3, -0.25) is 19.3 Å². The first-order valence-corrected chi connectivity index (χ1v) is 13.9. The van der Waals surface area contributed by atoms with Gasteiger partial charge >= 0.3 is 0 Å². The summed E-state index contributed by atoms with van der Waals surface area (Å²) in [6, 6.07) is 16.2. The van der Waals surface area contributed by atoms with Crippen molar-refractivity contribution >= 4 is 72.4 Å². The van der Waals surface area contributed by atoms with Gasteiger partial charge in [-0.2, -0.15) is 0 Å². The van der Waals surface area contributed by atoms with E-state index in [2.05, 4.69) is 37.2 Å². The molecule has 2 aliphatic heterocycles. The maximum absolute atomic E-state index is 13.0. The van der Waals surface area contributed by atoms with Gasteiger partial charge in [0.25, 0.3) is 11.1 Å². The van der Waals surface area contributed by atoms with Gasteiger partial charge in [0, 0.05) is 16.2 Å². The average molecular weight is 676 g/mol. The van der Waals surface area contributed by atoms with Crippen LogP contribution in [0.5, 0.6) is 23.0 Å². The van der Waals surface area contributed by atoms with E-state index in [1.807, 2.05) is 24.3 Å². The third kappa shape index (κ3) is 6.23. The molecule has 0 spiro atoms. The minimum atomic E-state index is -0.559. The van der Waals surface area contributed by atoms with E-state index >= 15 is 0 Å². The molecule has 39 heavy (non-hydrogen) atoms. The molecule has 2 aliphatic rings. The van der Waals surface area contributed by atoms with Crippen molar-refractivity contribution in [1.29, 1.82) is 0 Å². The Morgan fingerprint density at radius 3 is 2.62 bits per heavy atom. The number of carbonyl (C=O) groups is 3. The number of ether oxygens (including phenoxy) is 4. The second kappa shape index (κ2) is 11.7. The maximum atomic E-state index is 13.0. The molecule has 12 heteroatoms. The number of hydrogen-bond acceptors (Lipinski definition) is 8. The molecule has 1 N–H and O–H groups in total. The molecular weight excluding hydrogens is 656 g/mol. The monoisotopic (exact) mass is 674 g/mol. The van der Waals surface area contributed by atoms with E-state index < -0.39 is 23.6 Å². The van der Waals surface area contributed by atoms with Crippen LogP contribution >= 0.6 is 43.6 Å². The Bertz CT molecular complexity index is 1490. The number of fused-ring (bicyclic) bond motifs is 1. The van der Waals surface area contributed by atoms with Gasteiger partial charge in [0.15, 0.2) is 23.0 Å². The Balaban J connectivity index is 1.26. The van der Waals surface area contributed by atoms with Crippen LogP contribution in [-0.4, -0.2) is 42.4 Å². The lowest BCUT2D eigenvalue weighted by Crippen LogP contribution is -2.36. The van der Waals surface area contributed by atoms with E-state index in [0.29, 0.717) is 45.3 Å². The van der Waals surface area contributed by atoms with Crippen LogP contribution in [0.25, 0.3) is 6.08 Å². The van der Waals surface area contributed by atoms with Crippen LogP contribution in [0.2, 0.25) is 0 Å². The quantitative estimate of drug-likeness (QED) is 0.282. The van der Waals surface area contributed by atoms with Gasteiger partial charge in [-0.1, -0.05) is 28.1 Å². The summed E-state index contributed by atoms with van der Waals surface area (Å²) >= 11 is 7.69. The minimum Gasteiger partial charge on any atom is -0.493 e. The third-order valence-electron chi connectivity index (χ3n) is 5.68. The number of benzene rings is 3. The summed E-state index contributed by atoms with van der Waals surface area (Å²) in [6.07, 6.45) is 1.58. The molecule has 0 bridgehead atoms. The van der Waals surface area contributed by atoms with Crippen molar-refractivity contribution in [3.05, 3.63) is 79.6 Å². The zero-order chi connectivity index (χ0) is 27.5. The number of nitrogens with zero attached hydrogens (tertiary/aromatic N) is 1. The Labute approximate surface area is 244 Å². The molecule has 3 aromatic rings. The zero-order valence-electron chi connectivity index (χ0n) is 20.4. The molecular formula is C27H20Br2N2O7S. The fraction of sp³-hybridized carbons (Fsp3) is 0.148. The highest BCUT2D eigenvalue weighted by molar-refractivity contribution is 9.10. The SMILES string of the molecule is COc1cc(/C=C2/SC(=O)N(CC(=O)Nc3ccc4c(c3)OCO4)C2=O)cc(Br)c1OCc1ccc(Br)cc1. The maximum Gasteiger partial charge on any atom is 0.294 e. The minimum absolute atomic E-state index is 0.111. The standard InChI is InChI=1S/C27H20Br2N2O7S/c1-35-22-9-16(8-19(29)25(22)36-13-15-2-4-17(28)5-3-15)10-23-26(33)31(27(34)39-23)12-24(32)30-18-6-7-20-21(11-18)38-14-37-20/h2-11H,12-14H2,1H3,(H,30,32)/b23-10+. The lowest BCUT2D eigenvalue weighted by Gasteiger charge is -2.14. The number of imide groups is 1. The fourth-order valence-electron chi connectivity index (χ4n) is 3.81. The number of halogens is 2. The topological polar surface area (TPSA) is 103 Å². The summed E-state index contributed by atoms with van der Waals surface area (Å²) in [6.45, 7) is 0.0150. The van der Waals surface area contributed by atoms with E-state index in [1.165, 1.54) is 7.11 Å². The number of anilines is 1. The summed E-state index contributed by atoms with van der Waals surface area (Å²) in [4.78, 5) is 39.2. The van der Waals surface area contributed by atoms with Gasteiger partial charge in [-0.15, -0.1) is 0 Å². The van der Waals surface area contributed by atoms with Crippen molar-refractivity contribution in [2.45, 2.75) is 6.61 Å². The summed E-state index contributed by atoms with van der Waals surface area (Å²) in [5.74, 6) is 0.969. The summed E-state index contributed by atoms with van der Waals surface area (Å²) in [5.41, 5.74) is 2.06. The lowest BCUT2D eigenvalue weighted by molar-refractivity contribution is -0.127. The van der Waals surface area contributed by atoms with Crippen LogP contribution in [0, 0.1) is 0 Å². The highest BCUT2D eigenvalue weighted by atomic mass is 79.9. The van der Waals surface area contributed by atoms with Gasteiger partial charge in [-0.05, 0) is 81.3 Å². The van der Waals surface area contributed by atoms with E-state index in [-0.39, 0.29) is 11.7 Å². The molecule has 200 valence electrons. The molecule has 3 amide bonds. The molecule has 5 rings (SSSR count). The summed E-state index contributed by atoms with van der Waals surface area (Å²) in [5, 5.41) is 2.14. The molecule has 0 aromatic heterocycles. The molecule has 1 saturated heterocycles. The molecule has 0 saturated carbocycles. The highest BCUT2D eigenvalue weighted by Gasteiger charge is 2.36. The first kappa shape index (κ1) is 27.1. The molecule has 0 unspecified atom stereocenters.